The average molecular weight is 343 g/mol. The van der Waals surface area contributed by atoms with Gasteiger partial charge in [0, 0.05) is 14.1 Å². The average Bonchev–Trinajstić information content (AvgIpc) is 2.97. The minimum atomic E-state index is -0.251. The molecule has 0 spiro atoms. The molecule has 9 nitrogen and oxygen atoms in total. The number of hydrogen-bond acceptors (Lipinski definition) is 7. The zero-order valence-corrected chi connectivity index (χ0v) is 15.1. The molecule has 0 aromatic heterocycles. The Labute approximate surface area is 144 Å². The summed E-state index contributed by atoms with van der Waals surface area (Å²) in [6.07, 6.45) is 3.19. The van der Waals surface area contributed by atoms with Crippen molar-refractivity contribution >= 4 is 11.9 Å². The third-order valence-corrected chi connectivity index (χ3v) is 4.28. The number of likely N-dealkylation sites (N-methyl/N-ethyl adjacent to an activating group) is 3. The van der Waals surface area contributed by atoms with Crippen molar-refractivity contribution < 1.29 is 9.59 Å². The maximum atomic E-state index is 11.8. The molecule has 140 valence electrons. The Bertz CT molecular complexity index is 399. The van der Waals surface area contributed by atoms with E-state index in [1.165, 1.54) is 18.4 Å². The van der Waals surface area contributed by atoms with Crippen LogP contribution < -0.4 is 22.1 Å². The molecule has 2 saturated heterocycles. The predicted octanol–water partition coefficient (Wildman–Crippen LogP) is -1.64. The summed E-state index contributed by atoms with van der Waals surface area (Å²) in [6.45, 7) is 4.34. The second kappa shape index (κ2) is 10.6. The second-order valence-electron chi connectivity index (χ2n) is 6.19. The Balaban J connectivity index is 0.000000257. The number of nitrogens with two attached hydrogens (primary N) is 2. The number of imide groups is 1. The number of nitrogens with one attached hydrogen (secondary N) is 2. The van der Waals surface area contributed by atoms with Crippen LogP contribution in [-0.2, 0) is 4.79 Å². The molecule has 2 fully saturated rings. The number of fused-ring (bicyclic) bond motifs is 1. The SMILES string of the molecule is CN1C(=O)C2C(NCN2C)N(C)C1=O.NCCCCNCCCN. The lowest BCUT2D eigenvalue weighted by Crippen LogP contribution is -2.64. The van der Waals surface area contributed by atoms with Gasteiger partial charge in [-0.15, -0.1) is 0 Å². The van der Waals surface area contributed by atoms with Crippen molar-refractivity contribution in [2.75, 3.05) is 54.0 Å². The highest BCUT2D eigenvalue weighted by Gasteiger charge is 2.48. The minimum Gasteiger partial charge on any atom is -0.330 e. The maximum Gasteiger partial charge on any atom is 0.327 e. The largest absolute Gasteiger partial charge is 0.330 e. The van der Waals surface area contributed by atoms with E-state index in [1.807, 2.05) is 11.9 Å². The van der Waals surface area contributed by atoms with Gasteiger partial charge in [0.2, 0.25) is 0 Å². The van der Waals surface area contributed by atoms with Crippen LogP contribution in [0.3, 0.4) is 0 Å². The first-order chi connectivity index (χ1) is 11.5. The molecule has 3 amide bonds. The molecule has 0 bridgehead atoms. The molecule has 9 heteroatoms. The van der Waals surface area contributed by atoms with Gasteiger partial charge in [-0.05, 0) is 52.5 Å². The summed E-state index contributed by atoms with van der Waals surface area (Å²) < 4.78 is 0. The molecular formula is C15H33N7O2. The van der Waals surface area contributed by atoms with Crippen LogP contribution in [0.4, 0.5) is 4.79 Å². The van der Waals surface area contributed by atoms with Crippen LogP contribution in [0, 0.1) is 0 Å². The van der Waals surface area contributed by atoms with Gasteiger partial charge < -0.3 is 21.7 Å². The van der Waals surface area contributed by atoms with Crippen molar-refractivity contribution in [2.45, 2.75) is 31.5 Å². The standard InChI is InChI=1S/C8H14N4O2.C7H19N3/c1-10-4-9-6-5(10)7(13)12(3)8(14)11(6)2;8-4-1-2-6-10-7-3-5-9/h5-6,9H,4H2,1-3H3;10H,1-9H2. The third-order valence-electron chi connectivity index (χ3n) is 4.28. The lowest BCUT2D eigenvalue weighted by molar-refractivity contribution is -0.136. The van der Waals surface area contributed by atoms with Crippen LogP contribution in [0.5, 0.6) is 0 Å². The van der Waals surface area contributed by atoms with Crippen LogP contribution in [-0.4, -0.2) is 92.8 Å². The van der Waals surface area contributed by atoms with E-state index in [2.05, 4.69) is 10.6 Å². The van der Waals surface area contributed by atoms with Gasteiger partial charge >= 0.3 is 6.03 Å². The highest BCUT2D eigenvalue weighted by Crippen LogP contribution is 2.20. The molecule has 0 saturated carbocycles. The molecule has 2 aliphatic heterocycles. The van der Waals surface area contributed by atoms with Crippen molar-refractivity contribution in [1.29, 1.82) is 0 Å². The first-order valence-electron chi connectivity index (χ1n) is 8.54. The van der Waals surface area contributed by atoms with E-state index in [0.29, 0.717) is 6.67 Å². The zero-order chi connectivity index (χ0) is 18.1. The molecular weight excluding hydrogens is 310 g/mol. The number of carbonyl (C=O) groups excluding carboxylic acids is 2. The van der Waals surface area contributed by atoms with Gasteiger partial charge in [0.1, 0.15) is 12.2 Å². The topological polar surface area (TPSA) is 120 Å². The number of carbonyl (C=O) groups is 2. The Morgan fingerprint density at radius 3 is 2.33 bits per heavy atom. The number of rotatable bonds is 7. The second-order valence-corrected chi connectivity index (χ2v) is 6.19. The van der Waals surface area contributed by atoms with Crippen LogP contribution >= 0.6 is 0 Å². The smallest absolute Gasteiger partial charge is 0.327 e. The highest BCUT2D eigenvalue weighted by molar-refractivity contribution is 6.00. The molecule has 0 aromatic carbocycles. The van der Waals surface area contributed by atoms with Crippen LogP contribution in [0.2, 0.25) is 0 Å². The molecule has 2 heterocycles. The van der Waals surface area contributed by atoms with Crippen LogP contribution in [0.15, 0.2) is 0 Å². The lowest BCUT2D eigenvalue weighted by atomic mass is 10.1. The lowest BCUT2D eigenvalue weighted by Gasteiger charge is -2.39. The Morgan fingerprint density at radius 2 is 1.71 bits per heavy atom. The maximum absolute atomic E-state index is 11.8. The summed E-state index contributed by atoms with van der Waals surface area (Å²) in [6, 6.07) is -0.498. The minimum absolute atomic E-state index is 0.134. The van der Waals surface area contributed by atoms with Gasteiger partial charge in [-0.25, -0.2) is 4.79 Å². The van der Waals surface area contributed by atoms with E-state index < -0.39 is 0 Å². The Morgan fingerprint density at radius 1 is 1.08 bits per heavy atom. The molecule has 0 aromatic rings. The van der Waals surface area contributed by atoms with Crippen molar-refractivity contribution in [3.05, 3.63) is 0 Å². The van der Waals surface area contributed by atoms with E-state index in [1.54, 1.807) is 11.9 Å². The fourth-order valence-electron chi connectivity index (χ4n) is 2.76. The van der Waals surface area contributed by atoms with Crippen molar-refractivity contribution in [3.63, 3.8) is 0 Å². The number of urea groups is 1. The number of amides is 3. The van der Waals surface area contributed by atoms with Gasteiger partial charge in [0.05, 0.1) is 6.67 Å². The predicted molar refractivity (Wildman–Crippen MR) is 94.1 cm³/mol. The molecule has 2 aliphatic rings. The summed E-state index contributed by atoms with van der Waals surface area (Å²) in [5.74, 6) is -0.134. The third kappa shape index (κ3) is 5.38. The van der Waals surface area contributed by atoms with E-state index >= 15 is 0 Å². The normalized spacial score (nSPS) is 24.0. The summed E-state index contributed by atoms with van der Waals surface area (Å²) in [7, 11) is 5.09. The molecule has 2 atom stereocenters. The fourth-order valence-corrected chi connectivity index (χ4v) is 2.76. The monoisotopic (exact) mass is 343 g/mol. The van der Waals surface area contributed by atoms with E-state index in [9.17, 15) is 9.59 Å². The van der Waals surface area contributed by atoms with Crippen LogP contribution in [0.1, 0.15) is 19.3 Å². The highest BCUT2D eigenvalue weighted by atomic mass is 16.2. The first-order valence-corrected chi connectivity index (χ1v) is 8.54. The van der Waals surface area contributed by atoms with Gasteiger partial charge in [0.25, 0.3) is 5.91 Å². The summed E-state index contributed by atoms with van der Waals surface area (Å²) in [5, 5.41) is 6.41. The molecule has 6 N–H and O–H groups in total. The van der Waals surface area contributed by atoms with Crippen molar-refractivity contribution in [2.24, 2.45) is 11.5 Å². The molecule has 0 radical (unpaired) electrons. The van der Waals surface area contributed by atoms with Gasteiger partial charge in [0.15, 0.2) is 0 Å². The number of nitrogens with zero attached hydrogens (tertiary/aromatic N) is 3. The van der Waals surface area contributed by atoms with Crippen LogP contribution in [0.25, 0.3) is 0 Å². The van der Waals surface area contributed by atoms with Gasteiger partial charge in [-0.2, -0.15) is 0 Å². The van der Waals surface area contributed by atoms with E-state index in [-0.39, 0.29) is 24.1 Å². The van der Waals surface area contributed by atoms with E-state index in [0.717, 1.165) is 39.0 Å². The first kappa shape index (κ1) is 20.8. The van der Waals surface area contributed by atoms with Crippen molar-refractivity contribution in [3.8, 4) is 0 Å². The quantitative estimate of drug-likeness (QED) is 0.409. The van der Waals surface area contributed by atoms with Crippen molar-refractivity contribution in [1.82, 2.24) is 25.3 Å². The Kier molecular flexibility index (Phi) is 9.16. The van der Waals surface area contributed by atoms with Gasteiger partial charge in [-0.3, -0.25) is 19.9 Å². The fraction of sp³-hybridized carbons (Fsp3) is 0.867. The molecule has 0 aliphatic carbocycles. The zero-order valence-electron chi connectivity index (χ0n) is 15.1. The van der Waals surface area contributed by atoms with Gasteiger partial charge in [-0.1, -0.05) is 0 Å². The molecule has 2 unspecified atom stereocenters. The molecule has 2 rings (SSSR count). The molecule has 24 heavy (non-hydrogen) atoms. The summed E-state index contributed by atoms with van der Waals surface area (Å²) in [5.41, 5.74) is 10.6. The summed E-state index contributed by atoms with van der Waals surface area (Å²) >= 11 is 0. The summed E-state index contributed by atoms with van der Waals surface area (Å²) in [4.78, 5) is 28.0. The Hall–Kier alpha value is -1.26. The number of unbranched alkanes of at least 4 members (excludes halogenated alkanes) is 1. The number of hydrogen-bond donors (Lipinski definition) is 4. The van der Waals surface area contributed by atoms with E-state index in [4.69, 9.17) is 11.5 Å².